The zero-order chi connectivity index (χ0) is 26.1. The van der Waals surface area contributed by atoms with E-state index in [0.29, 0.717) is 35.6 Å². The van der Waals surface area contributed by atoms with Crippen molar-refractivity contribution in [2.24, 2.45) is 5.92 Å². The molecule has 0 N–H and O–H groups in total. The third-order valence-electron chi connectivity index (χ3n) is 6.88. The minimum atomic E-state index is -0.330. The van der Waals surface area contributed by atoms with Crippen LogP contribution in [0.25, 0.3) is 16.9 Å². The summed E-state index contributed by atoms with van der Waals surface area (Å²) in [5.41, 5.74) is 3.98. The van der Waals surface area contributed by atoms with E-state index in [1.807, 2.05) is 17.9 Å². The van der Waals surface area contributed by atoms with Crippen LogP contribution in [-0.2, 0) is 22.4 Å². The van der Waals surface area contributed by atoms with Crippen LogP contribution in [0.1, 0.15) is 59.4 Å². The van der Waals surface area contributed by atoms with Gasteiger partial charge in [0.15, 0.2) is 5.65 Å². The van der Waals surface area contributed by atoms with Crippen molar-refractivity contribution in [1.29, 1.82) is 0 Å². The number of carbonyl (C=O) groups excluding carboxylic acids is 2. The van der Waals surface area contributed by atoms with Gasteiger partial charge in [0.25, 0.3) is 5.91 Å². The van der Waals surface area contributed by atoms with Gasteiger partial charge in [-0.2, -0.15) is 5.10 Å². The van der Waals surface area contributed by atoms with Gasteiger partial charge in [0, 0.05) is 28.7 Å². The number of benzene rings is 1. The van der Waals surface area contributed by atoms with E-state index in [2.05, 4.69) is 33.2 Å². The van der Waals surface area contributed by atoms with Crippen LogP contribution in [0.5, 0.6) is 0 Å². The van der Waals surface area contributed by atoms with Gasteiger partial charge in [-0.15, -0.1) is 11.3 Å². The van der Waals surface area contributed by atoms with Gasteiger partial charge in [-0.25, -0.2) is 13.9 Å². The first-order valence-corrected chi connectivity index (χ1v) is 13.4. The maximum Gasteiger partial charge on any atom is 0.308 e. The molecule has 192 valence electrons. The second-order valence-electron chi connectivity index (χ2n) is 9.29. The Morgan fingerprint density at radius 3 is 2.65 bits per heavy atom. The van der Waals surface area contributed by atoms with Crippen molar-refractivity contribution in [1.82, 2.24) is 19.5 Å². The molecular formula is C28H29FN4O3S. The summed E-state index contributed by atoms with van der Waals surface area (Å²) in [6.45, 7) is 4.76. The molecule has 1 fully saturated rings. The zero-order valence-electron chi connectivity index (χ0n) is 21.1. The summed E-state index contributed by atoms with van der Waals surface area (Å²) in [7, 11) is 1.43. The van der Waals surface area contributed by atoms with Gasteiger partial charge in [-0.3, -0.25) is 9.59 Å². The van der Waals surface area contributed by atoms with E-state index < -0.39 is 0 Å². The molecule has 0 saturated heterocycles. The Hall–Kier alpha value is -3.59. The van der Waals surface area contributed by atoms with Crippen LogP contribution in [-0.4, -0.2) is 45.0 Å². The van der Waals surface area contributed by atoms with Crippen LogP contribution < -0.4 is 0 Å². The summed E-state index contributed by atoms with van der Waals surface area (Å²) in [4.78, 5) is 31.6. The van der Waals surface area contributed by atoms with E-state index in [9.17, 15) is 14.0 Å². The molecule has 6 rings (SSSR count). The summed E-state index contributed by atoms with van der Waals surface area (Å²) in [6.07, 6.45) is 3.62. The maximum absolute atomic E-state index is 14.2. The molecule has 1 aliphatic carbocycles. The fourth-order valence-electron chi connectivity index (χ4n) is 4.62. The van der Waals surface area contributed by atoms with Crippen molar-refractivity contribution >= 4 is 28.9 Å². The maximum atomic E-state index is 14.2. The van der Waals surface area contributed by atoms with E-state index in [-0.39, 0.29) is 29.7 Å². The number of fused-ring (bicyclic) bond motifs is 2. The number of ether oxygens (including phenoxy) is 1. The highest BCUT2D eigenvalue weighted by Crippen LogP contribution is 2.34. The number of amides is 1. The molecule has 9 heteroatoms. The van der Waals surface area contributed by atoms with Gasteiger partial charge in [0.1, 0.15) is 11.5 Å². The number of rotatable bonds is 4. The number of hydrogen-bond acceptors (Lipinski definition) is 6. The number of halogens is 1. The lowest BCUT2D eigenvalue weighted by molar-refractivity contribution is -0.142. The van der Waals surface area contributed by atoms with Gasteiger partial charge in [0.05, 0.1) is 24.8 Å². The normalized spacial score (nSPS) is 16.6. The lowest BCUT2D eigenvalue weighted by atomic mass is 10.0. The third-order valence-corrected chi connectivity index (χ3v) is 7.88. The molecule has 1 atom stereocenters. The largest absolute Gasteiger partial charge is 0.469 e. The Labute approximate surface area is 218 Å². The van der Waals surface area contributed by atoms with Crippen molar-refractivity contribution in [3.63, 3.8) is 0 Å². The average Bonchev–Trinajstić information content (AvgIpc) is 3.49. The molecule has 1 unspecified atom stereocenters. The fourth-order valence-corrected chi connectivity index (χ4v) is 5.58. The molecule has 0 spiro atoms. The van der Waals surface area contributed by atoms with Crippen LogP contribution in [0.3, 0.4) is 0 Å². The van der Waals surface area contributed by atoms with Crippen LogP contribution in [0.4, 0.5) is 4.39 Å². The lowest BCUT2D eigenvalue weighted by Gasteiger charge is -2.33. The summed E-state index contributed by atoms with van der Waals surface area (Å²) < 4.78 is 20.4. The van der Waals surface area contributed by atoms with Crippen LogP contribution in [0, 0.1) is 11.7 Å². The molecule has 37 heavy (non-hydrogen) atoms. The van der Waals surface area contributed by atoms with E-state index in [4.69, 9.17) is 0 Å². The standard InChI is InChI=1S/C23H21FN4OS.C5H8O2/c1-3-15-12-20(23(29)27-10-8-21-16(14(27)2)9-11-30-21)25-22-13-19(26-28(15)22)17-6-4-5-7-18(17)24;1-7-5(6)4-2-3-4/h4-7,9,11-14H,3,8,10H2,1-2H3;4H,2-3H2,1H3. The van der Waals surface area contributed by atoms with Crippen molar-refractivity contribution < 1.29 is 18.7 Å². The lowest BCUT2D eigenvalue weighted by Crippen LogP contribution is -2.38. The number of esters is 1. The highest BCUT2D eigenvalue weighted by Gasteiger charge is 2.31. The Morgan fingerprint density at radius 1 is 1.19 bits per heavy atom. The average molecular weight is 521 g/mol. The molecule has 0 radical (unpaired) electrons. The Morgan fingerprint density at radius 2 is 1.97 bits per heavy atom. The number of carbonyl (C=O) groups is 2. The highest BCUT2D eigenvalue weighted by molar-refractivity contribution is 7.10. The van der Waals surface area contributed by atoms with Gasteiger partial charge < -0.3 is 9.64 Å². The van der Waals surface area contributed by atoms with E-state index >= 15 is 0 Å². The quantitative estimate of drug-likeness (QED) is 0.333. The number of aromatic nitrogens is 3. The number of thiophene rings is 1. The topological polar surface area (TPSA) is 76.8 Å². The minimum absolute atomic E-state index is 0.0227. The molecule has 1 saturated carbocycles. The van der Waals surface area contributed by atoms with Gasteiger partial charge in [-0.1, -0.05) is 19.1 Å². The molecule has 1 aromatic carbocycles. The number of methoxy groups -OCH3 is 1. The highest BCUT2D eigenvalue weighted by atomic mass is 32.1. The van der Waals surface area contributed by atoms with Gasteiger partial charge in [-0.05, 0) is 67.8 Å². The molecule has 3 aromatic heterocycles. The van der Waals surface area contributed by atoms with Crippen molar-refractivity contribution in [2.75, 3.05) is 13.7 Å². The van der Waals surface area contributed by atoms with Crippen LogP contribution >= 0.6 is 11.3 Å². The smallest absolute Gasteiger partial charge is 0.308 e. The summed E-state index contributed by atoms with van der Waals surface area (Å²) in [6, 6.07) is 12.2. The monoisotopic (exact) mass is 520 g/mol. The van der Waals surface area contributed by atoms with E-state index in [1.165, 1.54) is 23.6 Å². The second-order valence-corrected chi connectivity index (χ2v) is 10.3. The SMILES string of the molecule is CCc1cc(C(=O)N2CCc3sccc3C2C)nc2cc(-c3ccccc3F)nn12.COC(=O)C1CC1. The van der Waals surface area contributed by atoms with Crippen molar-refractivity contribution in [3.05, 3.63) is 75.5 Å². The molecule has 0 bridgehead atoms. The Balaban J connectivity index is 0.000000348. The predicted octanol–water partition coefficient (Wildman–Crippen LogP) is 5.49. The number of hydrogen-bond donors (Lipinski definition) is 0. The third kappa shape index (κ3) is 5.00. The van der Waals surface area contributed by atoms with Crippen molar-refractivity contribution in [3.8, 4) is 11.3 Å². The van der Waals surface area contributed by atoms with E-state index in [0.717, 1.165) is 25.0 Å². The Kier molecular flexibility index (Phi) is 7.06. The summed E-state index contributed by atoms with van der Waals surface area (Å²) >= 11 is 1.75. The first-order valence-electron chi connectivity index (χ1n) is 12.5. The zero-order valence-corrected chi connectivity index (χ0v) is 21.9. The van der Waals surface area contributed by atoms with Crippen molar-refractivity contribution in [2.45, 2.75) is 45.6 Å². The second kappa shape index (κ2) is 10.4. The molecule has 1 amide bonds. The minimum Gasteiger partial charge on any atom is -0.469 e. The number of nitrogens with zero attached hydrogens (tertiary/aromatic N) is 4. The summed E-state index contributed by atoms with van der Waals surface area (Å²) in [5, 5.41) is 6.64. The first kappa shape index (κ1) is 25.1. The first-order chi connectivity index (χ1) is 17.9. The molecule has 7 nitrogen and oxygen atoms in total. The molecule has 4 heterocycles. The molecule has 2 aliphatic rings. The summed E-state index contributed by atoms with van der Waals surface area (Å²) in [5.74, 6) is -0.195. The van der Waals surface area contributed by atoms with Crippen LogP contribution in [0.2, 0.25) is 0 Å². The van der Waals surface area contributed by atoms with E-state index in [1.54, 1.807) is 40.1 Å². The molecule has 1 aliphatic heterocycles. The van der Waals surface area contributed by atoms with Gasteiger partial charge >= 0.3 is 5.97 Å². The van der Waals surface area contributed by atoms with Gasteiger partial charge in [0.2, 0.25) is 0 Å². The van der Waals surface area contributed by atoms with Crippen LogP contribution in [0.15, 0.2) is 47.8 Å². The number of aryl methyl sites for hydroxylation is 1. The molecule has 4 aromatic rings. The molecular weight excluding hydrogens is 491 g/mol. The Bertz CT molecular complexity index is 1460. The fraction of sp³-hybridized carbons (Fsp3) is 0.357. The predicted molar refractivity (Wildman–Crippen MR) is 140 cm³/mol.